The van der Waals surface area contributed by atoms with Crippen LogP contribution in [0.5, 0.6) is 0 Å². The molecule has 1 aromatic rings. The smallest absolute Gasteiger partial charge is 0.408 e. The van der Waals surface area contributed by atoms with E-state index >= 15 is 0 Å². The molecule has 3 amide bonds. The summed E-state index contributed by atoms with van der Waals surface area (Å²) < 4.78 is 5.24. The normalized spacial score (nSPS) is 17.7. The van der Waals surface area contributed by atoms with E-state index in [4.69, 9.17) is 16.3 Å². The zero-order chi connectivity index (χ0) is 24.2. The van der Waals surface area contributed by atoms with Gasteiger partial charge in [-0.3, -0.25) is 9.59 Å². The average Bonchev–Trinajstić information content (AvgIpc) is 2.69. The molecule has 1 aromatic carbocycles. The molecule has 1 aliphatic heterocycles. The fourth-order valence-corrected chi connectivity index (χ4v) is 3.47. The van der Waals surface area contributed by atoms with E-state index < -0.39 is 41.6 Å². The standard InChI is InChI=1S/C22H30ClN3O6/c1-13(2)17(24-21(31)32-22(3,4)5)19(28)25-10-11-26(16(12-25)20(29)30)18(27)14-6-8-15(23)9-7-14/h6-9,13,16-17H,10-12H2,1-5H3,(H,24,31)(H,29,30). The first-order valence-corrected chi connectivity index (χ1v) is 10.8. The van der Waals surface area contributed by atoms with Crippen LogP contribution in [-0.2, 0) is 14.3 Å². The van der Waals surface area contributed by atoms with Gasteiger partial charge in [-0.1, -0.05) is 25.4 Å². The summed E-state index contributed by atoms with van der Waals surface area (Å²) in [5.74, 6) is -2.35. The number of hydrogen-bond donors (Lipinski definition) is 2. The predicted molar refractivity (Wildman–Crippen MR) is 118 cm³/mol. The monoisotopic (exact) mass is 467 g/mol. The van der Waals surface area contributed by atoms with Crippen molar-refractivity contribution in [2.75, 3.05) is 19.6 Å². The predicted octanol–water partition coefficient (Wildman–Crippen LogP) is 2.63. The lowest BCUT2D eigenvalue weighted by molar-refractivity contribution is -0.148. The number of carboxylic acid groups (broad SMARTS) is 1. The molecule has 176 valence electrons. The van der Waals surface area contributed by atoms with Gasteiger partial charge < -0.3 is 25.0 Å². The number of rotatable bonds is 5. The maximum absolute atomic E-state index is 13.1. The van der Waals surface area contributed by atoms with Crippen LogP contribution < -0.4 is 5.32 Å². The van der Waals surface area contributed by atoms with Crippen LogP contribution in [-0.4, -0.2) is 76.1 Å². The summed E-state index contributed by atoms with van der Waals surface area (Å²) >= 11 is 5.86. The van der Waals surface area contributed by atoms with Crippen LogP contribution in [0.4, 0.5) is 4.79 Å². The largest absolute Gasteiger partial charge is 0.480 e. The van der Waals surface area contributed by atoms with Crippen LogP contribution in [0.15, 0.2) is 24.3 Å². The van der Waals surface area contributed by atoms with Crippen LogP contribution >= 0.6 is 11.6 Å². The Hall–Kier alpha value is -2.81. The number of piperazine rings is 1. The molecule has 0 bridgehead atoms. The van der Waals surface area contributed by atoms with Gasteiger partial charge >= 0.3 is 12.1 Å². The minimum Gasteiger partial charge on any atom is -0.480 e. The molecular weight excluding hydrogens is 438 g/mol. The van der Waals surface area contributed by atoms with Crippen molar-refractivity contribution >= 4 is 35.5 Å². The molecule has 10 heteroatoms. The Labute approximate surface area is 192 Å². The molecule has 1 saturated heterocycles. The second kappa shape index (κ2) is 10.2. The van der Waals surface area contributed by atoms with Crippen LogP contribution in [0.25, 0.3) is 0 Å². The van der Waals surface area contributed by atoms with E-state index in [9.17, 15) is 24.3 Å². The average molecular weight is 468 g/mol. The van der Waals surface area contributed by atoms with Gasteiger partial charge in [0.15, 0.2) is 0 Å². The number of carboxylic acids is 1. The Morgan fingerprint density at radius 3 is 2.22 bits per heavy atom. The van der Waals surface area contributed by atoms with E-state index in [0.717, 1.165) is 0 Å². The van der Waals surface area contributed by atoms with E-state index in [1.807, 2.05) is 0 Å². The van der Waals surface area contributed by atoms with E-state index in [0.29, 0.717) is 10.6 Å². The van der Waals surface area contributed by atoms with E-state index in [1.165, 1.54) is 21.9 Å². The second-order valence-corrected chi connectivity index (χ2v) is 9.45. The van der Waals surface area contributed by atoms with Crippen molar-refractivity contribution in [2.24, 2.45) is 5.92 Å². The first kappa shape index (κ1) is 25.5. The lowest BCUT2D eigenvalue weighted by atomic mass is 10.0. The molecule has 9 nitrogen and oxygen atoms in total. The molecule has 0 saturated carbocycles. The second-order valence-electron chi connectivity index (χ2n) is 9.01. The van der Waals surface area contributed by atoms with Gasteiger partial charge in [-0.2, -0.15) is 0 Å². The number of halogens is 1. The summed E-state index contributed by atoms with van der Waals surface area (Å²) in [4.78, 5) is 52.7. The fraction of sp³-hybridized carbons (Fsp3) is 0.545. The maximum Gasteiger partial charge on any atom is 0.408 e. The molecule has 2 rings (SSSR count). The molecule has 1 heterocycles. The van der Waals surface area contributed by atoms with Crippen LogP contribution in [0.3, 0.4) is 0 Å². The number of amides is 3. The highest BCUT2D eigenvalue weighted by Crippen LogP contribution is 2.19. The zero-order valence-electron chi connectivity index (χ0n) is 18.9. The molecule has 2 N–H and O–H groups in total. The summed E-state index contributed by atoms with van der Waals surface area (Å²) in [5, 5.41) is 12.8. The number of carbonyl (C=O) groups is 4. The number of ether oxygens (including phenoxy) is 1. The third kappa shape index (κ3) is 6.59. The number of hydrogen-bond acceptors (Lipinski definition) is 5. The molecule has 0 aliphatic carbocycles. The summed E-state index contributed by atoms with van der Waals surface area (Å²) in [5.41, 5.74) is -0.413. The molecule has 32 heavy (non-hydrogen) atoms. The molecule has 1 fully saturated rings. The van der Waals surface area contributed by atoms with Crippen molar-refractivity contribution in [3.63, 3.8) is 0 Å². The third-order valence-corrected chi connectivity index (χ3v) is 5.19. The molecule has 2 unspecified atom stereocenters. The van der Waals surface area contributed by atoms with Crippen molar-refractivity contribution in [1.82, 2.24) is 15.1 Å². The van der Waals surface area contributed by atoms with Gasteiger partial charge in [0.05, 0.1) is 6.54 Å². The van der Waals surface area contributed by atoms with Crippen molar-refractivity contribution in [3.05, 3.63) is 34.9 Å². The van der Waals surface area contributed by atoms with Gasteiger partial charge in [0.1, 0.15) is 17.7 Å². The van der Waals surface area contributed by atoms with Gasteiger partial charge in [-0.25, -0.2) is 9.59 Å². The molecule has 1 aliphatic rings. The number of nitrogens with zero attached hydrogens (tertiary/aromatic N) is 2. The number of aliphatic carboxylic acids is 1. The van der Waals surface area contributed by atoms with Crippen molar-refractivity contribution in [3.8, 4) is 0 Å². The fourth-order valence-electron chi connectivity index (χ4n) is 3.34. The Balaban J connectivity index is 2.15. The Morgan fingerprint density at radius 1 is 1.12 bits per heavy atom. The van der Waals surface area contributed by atoms with Gasteiger partial charge in [0.25, 0.3) is 5.91 Å². The van der Waals surface area contributed by atoms with Crippen LogP contribution in [0.2, 0.25) is 5.02 Å². The van der Waals surface area contributed by atoms with Gasteiger partial charge in [-0.15, -0.1) is 0 Å². The maximum atomic E-state index is 13.1. The van der Waals surface area contributed by atoms with Crippen molar-refractivity contribution < 1.29 is 29.0 Å². The highest BCUT2D eigenvalue weighted by atomic mass is 35.5. The molecule has 2 atom stereocenters. The highest BCUT2D eigenvalue weighted by Gasteiger charge is 2.40. The quantitative estimate of drug-likeness (QED) is 0.687. The lowest BCUT2D eigenvalue weighted by Gasteiger charge is -2.41. The van der Waals surface area contributed by atoms with Crippen LogP contribution in [0, 0.1) is 5.92 Å². The van der Waals surface area contributed by atoms with Crippen molar-refractivity contribution in [1.29, 1.82) is 0 Å². The van der Waals surface area contributed by atoms with E-state index in [2.05, 4.69) is 5.32 Å². The first-order chi connectivity index (χ1) is 14.8. The number of carbonyl (C=O) groups excluding carboxylic acids is 3. The molecule has 0 aromatic heterocycles. The summed E-state index contributed by atoms with van der Waals surface area (Å²) in [7, 11) is 0. The topological polar surface area (TPSA) is 116 Å². The lowest BCUT2D eigenvalue weighted by Crippen LogP contribution is -2.62. The highest BCUT2D eigenvalue weighted by molar-refractivity contribution is 6.30. The summed E-state index contributed by atoms with van der Waals surface area (Å²) in [6.45, 7) is 8.69. The number of alkyl carbamates (subject to hydrolysis) is 1. The Morgan fingerprint density at radius 2 is 1.72 bits per heavy atom. The first-order valence-electron chi connectivity index (χ1n) is 10.4. The number of benzene rings is 1. The minimum absolute atomic E-state index is 0.0431. The SMILES string of the molecule is CC(C)C(NC(=O)OC(C)(C)C)C(=O)N1CCN(C(=O)c2ccc(Cl)cc2)C(C(=O)O)C1. The van der Waals surface area contributed by atoms with E-state index in [-0.39, 0.29) is 25.6 Å². The van der Waals surface area contributed by atoms with E-state index in [1.54, 1.807) is 46.8 Å². The minimum atomic E-state index is -1.22. The van der Waals surface area contributed by atoms with Crippen LogP contribution in [0.1, 0.15) is 45.0 Å². The summed E-state index contributed by atoms with van der Waals surface area (Å²) in [6.07, 6.45) is -0.726. The van der Waals surface area contributed by atoms with Gasteiger partial charge in [0, 0.05) is 23.7 Å². The molecule has 0 spiro atoms. The third-order valence-electron chi connectivity index (χ3n) is 4.93. The summed E-state index contributed by atoms with van der Waals surface area (Å²) in [6, 6.07) is 4.06. The molecular formula is C22H30ClN3O6. The zero-order valence-corrected chi connectivity index (χ0v) is 19.7. The molecule has 0 radical (unpaired) electrons. The Kier molecular flexibility index (Phi) is 8.12. The Bertz CT molecular complexity index is 865. The van der Waals surface area contributed by atoms with Gasteiger partial charge in [0.2, 0.25) is 5.91 Å². The number of nitrogens with one attached hydrogen (secondary N) is 1. The van der Waals surface area contributed by atoms with Gasteiger partial charge in [-0.05, 0) is 51.0 Å². The van der Waals surface area contributed by atoms with Crippen molar-refractivity contribution in [2.45, 2.75) is 52.3 Å².